The molecule has 1 aliphatic rings. The third-order valence-electron chi connectivity index (χ3n) is 4.66. The van der Waals surface area contributed by atoms with Crippen molar-refractivity contribution in [3.63, 3.8) is 0 Å². The second-order valence-electron chi connectivity index (χ2n) is 7.41. The monoisotopic (exact) mass is 391 g/mol. The maximum atomic E-state index is 12.8. The van der Waals surface area contributed by atoms with Crippen LogP contribution in [0.25, 0.3) is 11.3 Å². The minimum atomic E-state index is -4.29. The Morgan fingerprint density at radius 2 is 1.89 bits per heavy atom. The van der Waals surface area contributed by atoms with Gasteiger partial charge in [0.2, 0.25) is 5.88 Å². The third kappa shape index (κ3) is 4.47. The Kier molecular flexibility index (Phi) is 5.39. The van der Waals surface area contributed by atoms with Gasteiger partial charge in [-0.3, -0.25) is 0 Å². The molecule has 0 radical (unpaired) electrons. The molecule has 0 aliphatic heterocycles. The van der Waals surface area contributed by atoms with Crippen LogP contribution in [0.15, 0.2) is 53.8 Å². The van der Waals surface area contributed by atoms with Gasteiger partial charge in [0, 0.05) is 35.7 Å². The first kappa shape index (κ1) is 20.2. The van der Waals surface area contributed by atoms with Gasteiger partial charge in [-0.15, -0.1) is 0 Å². The van der Waals surface area contributed by atoms with Gasteiger partial charge in [-0.2, -0.15) is 18.3 Å². The number of halogens is 3. The number of ether oxygens (including phenoxy) is 1. The summed E-state index contributed by atoms with van der Waals surface area (Å²) in [5.41, 5.74) is 7.80. The summed E-state index contributed by atoms with van der Waals surface area (Å²) in [6, 6.07) is 9.63. The first-order valence-electron chi connectivity index (χ1n) is 9.20. The van der Waals surface area contributed by atoms with Crippen LogP contribution < -0.4 is 10.5 Å². The van der Waals surface area contributed by atoms with E-state index in [0.29, 0.717) is 18.2 Å². The summed E-state index contributed by atoms with van der Waals surface area (Å²) in [4.78, 5) is 0. The van der Waals surface area contributed by atoms with Crippen molar-refractivity contribution < 1.29 is 17.9 Å². The molecule has 0 atom stereocenters. The third-order valence-corrected chi connectivity index (χ3v) is 4.66. The Morgan fingerprint density at radius 1 is 1.14 bits per heavy atom. The number of nitrogens with zero attached hydrogens (tertiary/aromatic N) is 2. The van der Waals surface area contributed by atoms with Crippen LogP contribution in [0.1, 0.15) is 39.2 Å². The zero-order valence-electron chi connectivity index (χ0n) is 16.2. The van der Waals surface area contributed by atoms with Crippen molar-refractivity contribution in [2.75, 3.05) is 0 Å². The highest BCUT2D eigenvalue weighted by atomic mass is 19.4. The number of aromatic nitrogens is 2. The van der Waals surface area contributed by atoms with Gasteiger partial charge in [-0.1, -0.05) is 24.3 Å². The minimum absolute atomic E-state index is 0.0872. The Hall–Kier alpha value is -2.54. The molecule has 1 aliphatic carbocycles. The maximum Gasteiger partial charge on any atom is 0.412 e. The standard InChI is InChI=1S/C21H24F3N3O/c1-4-27-19(28-17-10-8-15(9-11-17)21(22,23)24)13-18(26-27)14-6-5-7-16(12-14)20(2,3)25/h5-8,10,12-13H,4,9,11,25H2,1-3H3. The van der Waals surface area contributed by atoms with E-state index in [1.165, 1.54) is 6.08 Å². The molecule has 0 fully saturated rings. The van der Waals surface area contributed by atoms with Gasteiger partial charge in [-0.25, -0.2) is 4.68 Å². The molecule has 28 heavy (non-hydrogen) atoms. The minimum Gasteiger partial charge on any atom is -0.444 e. The van der Waals surface area contributed by atoms with Crippen LogP contribution in [0.4, 0.5) is 13.2 Å². The fraction of sp³-hybridized carbons (Fsp3) is 0.381. The van der Waals surface area contributed by atoms with Crippen LogP contribution in [-0.4, -0.2) is 16.0 Å². The van der Waals surface area contributed by atoms with Crippen molar-refractivity contribution >= 4 is 0 Å². The van der Waals surface area contributed by atoms with E-state index in [1.807, 2.05) is 45.0 Å². The molecule has 3 rings (SSSR count). The number of hydrogen-bond acceptors (Lipinski definition) is 3. The topological polar surface area (TPSA) is 53.1 Å². The van der Waals surface area contributed by atoms with E-state index in [1.54, 1.807) is 10.7 Å². The van der Waals surface area contributed by atoms with E-state index >= 15 is 0 Å². The van der Waals surface area contributed by atoms with E-state index in [9.17, 15) is 13.2 Å². The second kappa shape index (κ2) is 7.47. The normalized spacial score (nSPS) is 15.2. The van der Waals surface area contributed by atoms with E-state index in [4.69, 9.17) is 10.5 Å². The number of nitrogens with two attached hydrogens (primary N) is 1. The van der Waals surface area contributed by atoms with Crippen molar-refractivity contribution in [1.82, 2.24) is 9.78 Å². The summed E-state index contributed by atoms with van der Waals surface area (Å²) >= 11 is 0. The molecule has 1 aromatic heterocycles. The fourth-order valence-electron chi connectivity index (χ4n) is 3.00. The van der Waals surface area contributed by atoms with Crippen LogP contribution in [0, 0.1) is 0 Å². The van der Waals surface area contributed by atoms with E-state index in [-0.39, 0.29) is 12.8 Å². The zero-order chi connectivity index (χ0) is 20.5. The van der Waals surface area contributed by atoms with Crippen molar-refractivity contribution in [3.8, 4) is 17.1 Å². The van der Waals surface area contributed by atoms with Crippen LogP contribution in [-0.2, 0) is 12.1 Å². The molecule has 7 heteroatoms. The largest absolute Gasteiger partial charge is 0.444 e. The van der Waals surface area contributed by atoms with Gasteiger partial charge in [0.1, 0.15) is 5.76 Å². The molecule has 150 valence electrons. The average Bonchev–Trinajstić information content (AvgIpc) is 3.04. The summed E-state index contributed by atoms with van der Waals surface area (Å²) in [6.45, 7) is 6.38. The molecular formula is C21H24F3N3O. The Morgan fingerprint density at radius 3 is 2.46 bits per heavy atom. The number of rotatable bonds is 5. The van der Waals surface area contributed by atoms with Gasteiger partial charge in [0.05, 0.1) is 5.69 Å². The molecule has 0 spiro atoms. The van der Waals surface area contributed by atoms with Gasteiger partial charge in [0.15, 0.2) is 0 Å². The highest BCUT2D eigenvalue weighted by molar-refractivity contribution is 5.61. The van der Waals surface area contributed by atoms with Crippen LogP contribution in [0.5, 0.6) is 5.88 Å². The maximum absolute atomic E-state index is 12.8. The molecule has 0 bridgehead atoms. The molecule has 4 nitrogen and oxygen atoms in total. The van der Waals surface area contributed by atoms with Crippen molar-refractivity contribution in [1.29, 1.82) is 0 Å². The quantitative estimate of drug-likeness (QED) is 0.752. The van der Waals surface area contributed by atoms with Crippen molar-refractivity contribution in [3.05, 3.63) is 59.4 Å². The summed E-state index contributed by atoms with van der Waals surface area (Å²) in [5.74, 6) is 0.996. The summed E-state index contributed by atoms with van der Waals surface area (Å²) < 4.78 is 45.8. The summed E-state index contributed by atoms with van der Waals surface area (Å²) in [7, 11) is 0. The molecule has 1 aromatic carbocycles. The van der Waals surface area contributed by atoms with Crippen molar-refractivity contribution in [2.24, 2.45) is 5.73 Å². The number of aryl methyl sites for hydroxylation is 1. The van der Waals surface area contributed by atoms with Crippen LogP contribution >= 0.6 is 0 Å². The predicted octanol–water partition coefficient (Wildman–Crippen LogP) is 5.31. The lowest BCUT2D eigenvalue weighted by Crippen LogP contribution is -2.28. The Bertz CT molecular complexity index is 918. The van der Waals surface area contributed by atoms with E-state index < -0.39 is 17.3 Å². The smallest absolute Gasteiger partial charge is 0.412 e. The lowest BCUT2D eigenvalue weighted by molar-refractivity contribution is -0.0942. The molecule has 0 amide bonds. The van der Waals surface area contributed by atoms with Crippen molar-refractivity contribution in [2.45, 2.75) is 51.9 Å². The SMILES string of the molecule is CCn1nc(-c2cccc(C(C)(C)N)c2)cc1OC1=CC=C(C(F)(F)F)CC1. The lowest BCUT2D eigenvalue weighted by Gasteiger charge is -2.19. The summed E-state index contributed by atoms with van der Waals surface area (Å²) in [6.07, 6.45) is -1.71. The van der Waals surface area contributed by atoms with Gasteiger partial charge in [0.25, 0.3) is 0 Å². The Labute approximate surface area is 162 Å². The number of hydrogen-bond donors (Lipinski definition) is 1. The fourth-order valence-corrected chi connectivity index (χ4v) is 3.00. The first-order valence-corrected chi connectivity index (χ1v) is 9.20. The second-order valence-corrected chi connectivity index (χ2v) is 7.41. The van der Waals surface area contributed by atoms with Gasteiger partial charge >= 0.3 is 6.18 Å². The number of alkyl halides is 3. The number of benzene rings is 1. The predicted molar refractivity (Wildman–Crippen MR) is 103 cm³/mol. The van der Waals surface area contributed by atoms with Gasteiger partial charge < -0.3 is 10.5 Å². The lowest BCUT2D eigenvalue weighted by atomic mass is 9.93. The van der Waals surface area contributed by atoms with E-state index in [0.717, 1.165) is 22.9 Å². The highest BCUT2D eigenvalue weighted by Crippen LogP contribution is 2.34. The Balaban J connectivity index is 1.87. The molecule has 0 saturated carbocycles. The molecule has 2 N–H and O–H groups in total. The summed E-state index contributed by atoms with van der Waals surface area (Å²) in [5, 5.41) is 4.57. The van der Waals surface area contributed by atoms with Crippen LogP contribution in [0.3, 0.4) is 0 Å². The molecule has 0 saturated heterocycles. The molecule has 0 unspecified atom stereocenters. The first-order chi connectivity index (χ1) is 13.1. The number of allylic oxidation sites excluding steroid dienone is 4. The molecular weight excluding hydrogens is 367 g/mol. The molecule has 2 aromatic rings. The average molecular weight is 391 g/mol. The van der Waals surface area contributed by atoms with E-state index in [2.05, 4.69) is 5.10 Å². The van der Waals surface area contributed by atoms with Crippen LogP contribution in [0.2, 0.25) is 0 Å². The highest BCUT2D eigenvalue weighted by Gasteiger charge is 2.34. The van der Waals surface area contributed by atoms with Gasteiger partial charge in [-0.05, 0) is 44.9 Å². The molecule has 1 heterocycles. The zero-order valence-corrected chi connectivity index (χ0v) is 16.2.